The van der Waals surface area contributed by atoms with Gasteiger partial charge in [0.2, 0.25) is 0 Å². The molecule has 94 valence electrons. The molecule has 1 nitrogen and oxygen atoms in total. The normalized spacial score (nSPS) is 13.1. The lowest BCUT2D eigenvalue weighted by atomic mass is 10.2. The first-order valence-electron chi connectivity index (χ1n) is 5.91. The number of benzene rings is 2. The summed E-state index contributed by atoms with van der Waals surface area (Å²) in [5.74, 6) is 0.376. The maximum absolute atomic E-state index is 9.91. The van der Waals surface area contributed by atoms with Gasteiger partial charge in [0.15, 0.2) is 0 Å². The lowest BCUT2D eigenvalue weighted by Gasteiger charge is -2.13. The van der Waals surface area contributed by atoms with Crippen molar-refractivity contribution in [1.82, 2.24) is 0 Å². The highest BCUT2D eigenvalue weighted by Gasteiger charge is 2.09. The fourth-order valence-electron chi connectivity index (χ4n) is 1.87. The molecule has 0 aliphatic rings. The van der Waals surface area contributed by atoms with Crippen molar-refractivity contribution in [3.05, 3.63) is 53.6 Å². The Bertz CT molecular complexity index is 552. The first-order chi connectivity index (χ1) is 8.58. The molecule has 0 saturated heterocycles. The fourth-order valence-corrected chi connectivity index (χ4v) is 3.64. The van der Waals surface area contributed by atoms with Gasteiger partial charge in [0, 0.05) is 10.6 Å². The van der Waals surface area contributed by atoms with Gasteiger partial charge in [0.25, 0.3) is 0 Å². The summed E-state index contributed by atoms with van der Waals surface area (Å²) < 4.78 is 0. The Labute approximate surface area is 115 Å². The summed E-state index contributed by atoms with van der Waals surface area (Å²) in [5.41, 5.74) is 2.41. The van der Waals surface area contributed by atoms with Gasteiger partial charge in [-0.15, -0.1) is 0 Å². The minimum absolute atomic E-state index is 0.209. The van der Waals surface area contributed by atoms with Crippen molar-refractivity contribution in [3.63, 3.8) is 0 Å². The molecule has 2 aromatic carbocycles. The van der Waals surface area contributed by atoms with Crippen LogP contribution in [0.1, 0.15) is 23.3 Å². The molecule has 0 radical (unpaired) electrons. The Morgan fingerprint density at radius 3 is 2.56 bits per heavy atom. The molecule has 0 fully saturated rings. The Balaban J connectivity index is 2.37. The topological polar surface area (TPSA) is 20.2 Å². The van der Waals surface area contributed by atoms with E-state index < -0.39 is 0 Å². The van der Waals surface area contributed by atoms with Crippen molar-refractivity contribution < 1.29 is 5.11 Å². The summed E-state index contributed by atoms with van der Waals surface area (Å²) in [6, 6.07) is 14.0. The number of hydrogen-bond donors (Lipinski definition) is 2. The molecule has 3 heteroatoms. The SMILES string of the molecule is Cc1ccc(O)c(Pc2ccccc2C(C)S)c1. The average molecular weight is 276 g/mol. The van der Waals surface area contributed by atoms with Crippen LogP contribution in [0.5, 0.6) is 5.75 Å². The predicted molar refractivity (Wildman–Crippen MR) is 84.3 cm³/mol. The highest BCUT2D eigenvalue weighted by atomic mass is 32.1. The van der Waals surface area contributed by atoms with Crippen molar-refractivity contribution >= 4 is 31.8 Å². The zero-order chi connectivity index (χ0) is 13.1. The Hall–Kier alpha value is -0.980. The Morgan fingerprint density at radius 2 is 1.83 bits per heavy atom. The van der Waals surface area contributed by atoms with E-state index in [1.54, 1.807) is 6.07 Å². The molecule has 0 aromatic heterocycles. The van der Waals surface area contributed by atoms with Crippen molar-refractivity contribution in [2.24, 2.45) is 0 Å². The van der Waals surface area contributed by atoms with E-state index >= 15 is 0 Å². The molecule has 0 spiro atoms. The maximum Gasteiger partial charge on any atom is 0.123 e. The van der Waals surface area contributed by atoms with Crippen LogP contribution in [0.4, 0.5) is 0 Å². The number of phenols is 1. The van der Waals surface area contributed by atoms with Crippen LogP contribution in [0.25, 0.3) is 0 Å². The molecule has 2 aromatic rings. The van der Waals surface area contributed by atoms with Crippen molar-refractivity contribution in [2.45, 2.75) is 19.1 Å². The van der Waals surface area contributed by atoms with Gasteiger partial charge in [-0.05, 0) is 36.8 Å². The fraction of sp³-hybridized carbons (Fsp3) is 0.200. The van der Waals surface area contributed by atoms with Crippen LogP contribution in [0.3, 0.4) is 0 Å². The lowest BCUT2D eigenvalue weighted by Crippen LogP contribution is -2.10. The molecule has 2 unspecified atom stereocenters. The number of aromatic hydroxyl groups is 1. The maximum atomic E-state index is 9.91. The van der Waals surface area contributed by atoms with Crippen LogP contribution in [0.15, 0.2) is 42.5 Å². The van der Waals surface area contributed by atoms with Crippen LogP contribution < -0.4 is 10.6 Å². The van der Waals surface area contributed by atoms with Crippen molar-refractivity contribution in [2.75, 3.05) is 0 Å². The zero-order valence-electron chi connectivity index (χ0n) is 10.5. The number of rotatable bonds is 3. The first-order valence-corrected chi connectivity index (χ1v) is 7.43. The molecule has 2 atom stereocenters. The second kappa shape index (κ2) is 5.77. The lowest BCUT2D eigenvalue weighted by molar-refractivity contribution is 0.479. The van der Waals surface area contributed by atoms with E-state index in [1.807, 2.05) is 31.2 Å². The first kappa shape index (κ1) is 13.5. The second-order valence-corrected chi connectivity index (χ2v) is 6.51. The van der Waals surface area contributed by atoms with Gasteiger partial charge in [-0.1, -0.05) is 44.5 Å². The van der Waals surface area contributed by atoms with E-state index in [9.17, 15) is 5.11 Å². The summed E-state index contributed by atoms with van der Waals surface area (Å²) in [4.78, 5) is 0. The number of phenolic OH excluding ortho intramolecular Hbond substituents is 1. The number of thiol groups is 1. The van der Waals surface area contributed by atoms with Gasteiger partial charge >= 0.3 is 0 Å². The van der Waals surface area contributed by atoms with Crippen LogP contribution in [0.2, 0.25) is 0 Å². The smallest absolute Gasteiger partial charge is 0.123 e. The second-order valence-electron chi connectivity index (χ2n) is 4.41. The van der Waals surface area contributed by atoms with Gasteiger partial charge in [-0.2, -0.15) is 12.6 Å². The highest BCUT2D eigenvalue weighted by Crippen LogP contribution is 2.25. The molecule has 0 amide bonds. The molecular weight excluding hydrogens is 259 g/mol. The van der Waals surface area contributed by atoms with Crippen molar-refractivity contribution in [1.29, 1.82) is 0 Å². The Morgan fingerprint density at radius 1 is 1.11 bits per heavy atom. The molecule has 0 bridgehead atoms. The third-order valence-corrected chi connectivity index (χ3v) is 4.50. The zero-order valence-corrected chi connectivity index (χ0v) is 12.4. The van der Waals surface area contributed by atoms with E-state index in [2.05, 4.69) is 31.7 Å². The van der Waals surface area contributed by atoms with Gasteiger partial charge in [-0.3, -0.25) is 0 Å². The van der Waals surface area contributed by atoms with Gasteiger partial charge in [-0.25, -0.2) is 0 Å². The van der Waals surface area contributed by atoms with Crippen LogP contribution in [-0.4, -0.2) is 5.11 Å². The quantitative estimate of drug-likeness (QED) is 0.651. The van der Waals surface area contributed by atoms with Gasteiger partial charge in [0.1, 0.15) is 5.75 Å². The van der Waals surface area contributed by atoms with E-state index in [0.29, 0.717) is 14.3 Å². The van der Waals surface area contributed by atoms with Gasteiger partial charge < -0.3 is 5.11 Å². The molecule has 0 heterocycles. The van der Waals surface area contributed by atoms with Crippen molar-refractivity contribution in [3.8, 4) is 5.75 Å². The third kappa shape index (κ3) is 3.07. The molecule has 2 rings (SSSR count). The van der Waals surface area contributed by atoms with E-state index in [0.717, 1.165) is 5.30 Å². The van der Waals surface area contributed by atoms with Gasteiger partial charge in [0.05, 0.1) is 0 Å². The number of aryl methyl sites for hydroxylation is 1. The summed E-state index contributed by atoms with van der Waals surface area (Å²) >= 11 is 4.51. The average Bonchev–Trinajstić information content (AvgIpc) is 2.34. The Kier molecular flexibility index (Phi) is 4.31. The summed E-state index contributed by atoms with van der Waals surface area (Å²) in [7, 11) is 0.465. The summed E-state index contributed by atoms with van der Waals surface area (Å²) in [6.07, 6.45) is 0. The van der Waals surface area contributed by atoms with E-state index in [1.165, 1.54) is 16.4 Å². The summed E-state index contributed by atoms with van der Waals surface area (Å²) in [6.45, 7) is 4.11. The van der Waals surface area contributed by atoms with E-state index in [4.69, 9.17) is 0 Å². The molecule has 0 aliphatic carbocycles. The third-order valence-electron chi connectivity index (χ3n) is 2.83. The standard InChI is InChI=1S/C15H17OPS/c1-10-7-8-13(16)15(9-10)17-14-6-4-3-5-12(14)11(2)18/h3-9,11,16-18H,1-2H3. The van der Waals surface area contributed by atoms with Crippen LogP contribution in [-0.2, 0) is 0 Å². The molecule has 0 aliphatic heterocycles. The molecule has 18 heavy (non-hydrogen) atoms. The molecular formula is C15H17OPS. The minimum atomic E-state index is 0.209. The van der Waals surface area contributed by atoms with Crippen LogP contribution >= 0.6 is 21.2 Å². The van der Waals surface area contributed by atoms with E-state index in [-0.39, 0.29) is 5.25 Å². The largest absolute Gasteiger partial charge is 0.507 e. The highest BCUT2D eigenvalue weighted by molar-refractivity contribution is 7.80. The molecule has 1 N–H and O–H groups in total. The monoisotopic (exact) mass is 276 g/mol. The number of hydrogen-bond acceptors (Lipinski definition) is 2. The molecule has 0 saturated carbocycles. The minimum Gasteiger partial charge on any atom is -0.507 e. The van der Waals surface area contributed by atoms with Crippen LogP contribution in [0, 0.1) is 6.92 Å². The predicted octanol–water partition coefficient (Wildman–Crippen LogP) is 3.32. The summed E-state index contributed by atoms with van der Waals surface area (Å²) in [5, 5.41) is 12.4.